The topological polar surface area (TPSA) is 21.3 Å². The van der Waals surface area contributed by atoms with E-state index in [0.717, 1.165) is 31.6 Å². The molecule has 0 aliphatic carbocycles. The second-order valence-electron chi connectivity index (χ2n) is 3.91. The van der Waals surface area contributed by atoms with Gasteiger partial charge in [0.2, 0.25) is 0 Å². The van der Waals surface area contributed by atoms with Crippen LogP contribution in [0.25, 0.3) is 0 Å². The fourth-order valence-electron chi connectivity index (χ4n) is 1.83. The van der Waals surface area contributed by atoms with Crippen molar-refractivity contribution in [3.63, 3.8) is 0 Å². The minimum atomic E-state index is -0.300. The first kappa shape index (κ1) is 14.4. The molecule has 1 rings (SSSR count). The largest absolute Gasteiger partial charge is 0.385 e. The summed E-state index contributed by atoms with van der Waals surface area (Å²) >= 11 is 6.06. The van der Waals surface area contributed by atoms with Gasteiger partial charge in [-0.1, -0.05) is 24.6 Å². The van der Waals surface area contributed by atoms with Gasteiger partial charge in [0.1, 0.15) is 5.82 Å². The Balaban J connectivity index is 2.74. The first-order chi connectivity index (χ1) is 8.19. The van der Waals surface area contributed by atoms with Crippen LogP contribution in [0.2, 0.25) is 5.02 Å². The third-order valence-electron chi connectivity index (χ3n) is 2.63. The minimum absolute atomic E-state index is 0.156. The number of nitrogens with one attached hydrogen (secondary N) is 1. The summed E-state index contributed by atoms with van der Waals surface area (Å²) in [5.41, 5.74) is 0.950. The molecule has 2 nitrogen and oxygen atoms in total. The Morgan fingerprint density at radius 3 is 2.82 bits per heavy atom. The van der Waals surface area contributed by atoms with E-state index in [9.17, 15) is 4.39 Å². The van der Waals surface area contributed by atoms with E-state index in [1.807, 2.05) is 6.92 Å². The minimum Gasteiger partial charge on any atom is -0.385 e. The fraction of sp³-hybridized carbons (Fsp3) is 0.538. The fourth-order valence-corrected chi connectivity index (χ4v) is 2.13. The molecule has 1 aromatic rings. The van der Waals surface area contributed by atoms with Gasteiger partial charge in [-0.3, -0.25) is 0 Å². The molecule has 1 atom stereocenters. The Labute approximate surface area is 107 Å². The van der Waals surface area contributed by atoms with Gasteiger partial charge in [-0.15, -0.1) is 0 Å². The second kappa shape index (κ2) is 7.64. The zero-order valence-electron chi connectivity index (χ0n) is 10.3. The van der Waals surface area contributed by atoms with Gasteiger partial charge in [0.15, 0.2) is 0 Å². The van der Waals surface area contributed by atoms with E-state index in [1.165, 1.54) is 12.1 Å². The van der Waals surface area contributed by atoms with Crippen LogP contribution in [-0.4, -0.2) is 20.3 Å². The van der Waals surface area contributed by atoms with Crippen LogP contribution in [-0.2, 0) is 4.74 Å². The lowest BCUT2D eigenvalue weighted by molar-refractivity contribution is 0.189. The number of benzene rings is 1. The Morgan fingerprint density at radius 2 is 2.24 bits per heavy atom. The van der Waals surface area contributed by atoms with Gasteiger partial charge < -0.3 is 10.1 Å². The van der Waals surface area contributed by atoms with E-state index in [-0.39, 0.29) is 11.9 Å². The average Bonchev–Trinajstić information content (AvgIpc) is 2.28. The number of hydrogen-bond donors (Lipinski definition) is 1. The SMILES string of the molecule is CCNC(CCCOC)c1ccc(F)cc1Cl. The summed E-state index contributed by atoms with van der Waals surface area (Å²) in [5, 5.41) is 3.84. The lowest BCUT2D eigenvalue weighted by Crippen LogP contribution is -2.21. The normalized spacial score (nSPS) is 12.7. The maximum Gasteiger partial charge on any atom is 0.124 e. The molecule has 1 unspecified atom stereocenters. The molecule has 1 N–H and O–H groups in total. The van der Waals surface area contributed by atoms with Crippen LogP contribution in [0.1, 0.15) is 31.4 Å². The molecule has 0 saturated heterocycles. The number of hydrogen-bond acceptors (Lipinski definition) is 2. The quantitative estimate of drug-likeness (QED) is 0.756. The molecule has 0 fully saturated rings. The van der Waals surface area contributed by atoms with Crippen LogP contribution in [0, 0.1) is 5.82 Å². The summed E-state index contributed by atoms with van der Waals surface area (Å²) in [6.07, 6.45) is 1.87. The highest BCUT2D eigenvalue weighted by Crippen LogP contribution is 2.26. The Hall–Kier alpha value is -0.640. The number of methoxy groups -OCH3 is 1. The van der Waals surface area contributed by atoms with Crippen molar-refractivity contribution in [1.29, 1.82) is 0 Å². The van der Waals surface area contributed by atoms with Gasteiger partial charge in [0, 0.05) is 24.8 Å². The van der Waals surface area contributed by atoms with Crippen LogP contribution >= 0.6 is 11.6 Å². The van der Waals surface area contributed by atoms with Gasteiger partial charge in [-0.05, 0) is 37.1 Å². The van der Waals surface area contributed by atoms with Crippen molar-refractivity contribution in [2.75, 3.05) is 20.3 Å². The van der Waals surface area contributed by atoms with Crippen molar-refractivity contribution in [2.24, 2.45) is 0 Å². The Kier molecular flexibility index (Phi) is 6.48. The van der Waals surface area contributed by atoms with Crippen LogP contribution < -0.4 is 5.32 Å². The van der Waals surface area contributed by atoms with E-state index in [0.29, 0.717) is 5.02 Å². The molecule has 4 heteroatoms. The zero-order chi connectivity index (χ0) is 12.7. The van der Waals surface area contributed by atoms with Crippen molar-refractivity contribution in [3.05, 3.63) is 34.6 Å². The van der Waals surface area contributed by atoms with Crippen molar-refractivity contribution >= 4 is 11.6 Å². The predicted octanol–water partition coefficient (Wildman–Crippen LogP) is 3.56. The average molecular weight is 260 g/mol. The third kappa shape index (κ3) is 4.62. The van der Waals surface area contributed by atoms with Crippen molar-refractivity contribution < 1.29 is 9.13 Å². The summed E-state index contributed by atoms with van der Waals surface area (Å²) in [4.78, 5) is 0. The second-order valence-corrected chi connectivity index (χ2v) is 4.32. The summed E-state index contributed by atoms with van der Waals surface area (Å²) in [6.45, 7) is 3.62. The zero-order valence-corrected chi connectivity index (χ0v) is 11.1. The van der Waals surface area contributed by atoms with Gasteiger partial charge in [0.05, 0.1) is 0 Å². The molecule has 1 aromatic carbocycles. The van der Waals surface area contributed by atoms with E-state index in [2.05, 4.69) is 5.32 Å². The molecule has 0 saturated carbocycles. The summed E-state index contributed by atoms with van der Waals surface area (Å²) in [6, 6.07) is 4.71. The van der Waals surface area contributed by atoms with E-state index in [4.69, 9.17) is 16.3 Å². The molecule has 0 bridgehead atoms. The standard InChI is InChI=1S/C13H19ClFNO/c1-3-16-13(5-4-8-17-2)11-7-6-10(15)9-12(11)14/h6-7,9,13,16H,3-5,8H2,1-2H3. The van der Waals surface area contributed by atoms with Crippen LogP contribution in [0.5, 0.6) is 0 Å². The smallest absolute Gasteiger partial charge is 0.124 e. The highest BCUT2D eigenvalue weighted by Gasteiger charge is 2.13. The van der Waals surface area contributed by atoms with Crippen LogP contribution in [0.4, 0.5) is 4.39 Å². The molecular weight excluding hydrogens is 241 g/mol. The molecule has 0 aliphatic rings. The number of halogens is 2. The molecule has 0 amide bonds. The van der Waals surface area contributed by atoms with Gasteiger partial charge >= 0.3 is 0 Å². The Bertz CT molecular complexity index is 346. The predicted molar refractivity (Wildman–Crippen MR) is 68.9 cm³/mol. The van der Waals surface area contributed by atoms with Gasteiger partial charge in [-0.25, -0.2) is 4.39 Å². The lowest BCUT2D eigenvalue weighted by Gasteiger charge is -2.19. The first-order valence-corrected chi connectivity index (χ1v) is 6.24. The van der Waals surface area contributed by atoms with Crippen molar-refractivity contribution in [3.8, 4) is 0 Å². The van der Waals surface area contributed by atoms with Crippen molar-refractivity contribution in [1.82, 2.24) is 5.32 Å². The molecule has 0 radical (unpaired) electrons. The van der Waals surface area contributed by atoms with E-state index in [1.54, 1.807) is 13.2 Å². The maximum atomic E-state index is 13.0. The number of rotatable bonds is 7. The first-order valence-electron chi connectivity index (χ1n) is 5.86. The van der Waals surface area contributed by atoms with Crippen LogP contribution in [0.15, 0.2) is 18.2 Å². The molecule has 0 aliphatic heterocycles. The molecule has 0 spiro atoms. The molecule has 17 heavy (non-hydrogen) atoms. The molecular formula is C13H19ClFNO. The van der Waals surface area contributed by atoms with E-state index >= 15 is 0 Å². The monoisotopic (exact) mass is 259 g/mol. The van der Waals surface area contributed by atoms with E-state index < -0.39 is 0 Å². The molecule has 96 valence electrons. The molecule has 0 aromatic heterocycles. The van der Waals surface area contributed by atoms with Gasteiger partial charge in [0.25, 0.3) is 0 Å². The van der Waals surface area contributed by atoms with Crippen molar-refractivity contribution in [2.45, 2.75) is 25.8 Å². The van der Waals surface area contributed by atoms with Gasteiger partial charge in [-0.2, -0.15) is 0 Å². The lowest BCUT2D eigenvalue weighted by atomic mass is 10.0. The van der Waals surface area contributed by atoms with Crippen LogP contribution in [0.3, 0.4) is 0 Å². The summed E-state index contributed by atoms with van der Waals surface area (Å²) < 4.78 is 18.0. The number of ether oxygens (including phenoxy) is 1. The summed E-state index contributed by atoms with van der Waals surface area (Å²) in [7, 11) is 1.69. The molecule has 0 heterocycles. The highest BCUT2D eigenvalue weighted by molar-refractivity contribution is 6.31. The summed E-state index contributed by atoms with van der Waals surface area (Å²) in [5.74, 6) is -0.300. The highest BCUT2D eigenvalue weighted by atomic mass is 35.5. The Morgan fingerprint density at radius 1 is 1.47 bits per heavy atom. The maximum absolute atomic E-state index is 13.0. The third-order valence-corrected chi connectivity index (χ3v) is 2.96.